The monoisotopic (exact) mass is 260 g/mol. The van der Waals surface area contributed by atoms with Crippen molar-refractivity contribution in [1.29, 1.82) is 0 Å². The minimum Gasteiger partial charge on any atom is -0.423 e. The van der Waals surface area contributed by atoms with Crippen LogP contribution in [0.1, 0.15) is 18.4 Å². The molecule has 0 spiro atoms. The Morgan fingerprint density at radius 3 is 2.16 bits per heavy atom. The molecule has 0 radical (unpaired) electrons. The zero-order chi connectivity index (χ0) is 13.2. The minimum absolute atomic E-state index is 0.558. The van der Waals surface area contributed by atoms with Gasteiger partial charge in [0.25, 0.3) is 0 Å². The van der Waals surface area contributed by atoms with Gasteiger partial charge in [-0.3, -0.25) is 9.80 Å². The molecule has 0 atom stereocenters. The van der Waals surface area contributed by atoms with E-state index in [0.717, 1.165) is 25.7 Å². The molecule has 2 fully saturated rings. The lowest BCUT2D eigenvalue weighted by Gasteiger charge is -2.34. The second-order valence-corrected chi connectivity index (χ2v) is 5.66. The summed E-state index contributed by atoms with van der Waals surface area (Å²) in [7, 11) is -1.36. The highest BCUT2D eigenvalue weighted by Crippen LogP contribution is 2.27. The van der Waals surface area contributed by atoms with Gasteiger partial charge in [-0.1, -0.05) is 24.3 Å². The van der Waals surface area contributed by atoms with Crippen LogP contribution in [0, 0.1) is 0 Å². The summed E-state index contributed by atoms with van der Waals surface area (Å²) < 4.78 is 0. The Labute approximate surface area is 114 Å². The van der Waals surface area contributed by atoms with Gasteiger partial charge in [0.15, 0.2) is 0 Å². The van der Waals surface area contributed by atoms with Gasteiger partial charge in [-0.2, -0.15) is 0 Å². The highest BCUT2D eigenvalue weighted by molar-refractivity contribution is 6.58. The predicted octanol–water partition coefficient (Wildman–Crippen LogP) is -0.354. The SMILES string of the molecule is OB(O)c1ccc(CN2CCN(C3CC3)CC2)cc1. The van der Waals surface area contributed by atoms with Crippen LogP contribution >= 0.6 is 0 Å². The maximum atomic E-state index is 9.06. The van der Waals surface area contributed by atoms with E-state index in [4.69, 9.17) is 10.0 Å². The number of hydrogen-bond donors (Lipinski definition) is 2. The van der Waals surface area contributed by atoms with Crippen LogP contribution in [0.5, 0.6) is 0 Å². The van der Waals surface area contributed by atoms with E-state index in [0.29, 0.717) is 5.46 Å². The standard InChI is InChI=1S/C14H21BN2O2/c18-15(19)13-3-1-12(2-4-13)11-16-7-9-17(10-8-16)14-5-6-14/h1-4,14,18-19H,5-11H2. The average molecular weight is 260 g/mol. The van der Waals surface area contributed by atoms with Crippen molar-refractivity contribution in [3.63, 3.8) is 0 Å². The first-order chi connectivity index (χ1) is 9.22. The largest absolute Gasteiger partial charge is 0.488 e. The Balaban J connectivity index is 1.51. The predicted molar refractivity (Wildman–Crippen MR) is 76.1 cm³/mol. The smallest absolute Gasteiger partial charge is 0.423 e. The Hall–Kier alpha value is -0.875. The molecule has 2 aliphatic rings. The molecule has 3 rings (SSSR count). The van der Waals surface area contributed by atoms with Crippen molar-refractivity contribution in [2.24, 2.45) is 0 Å². The first-order valence-corrected chi connectivity index (χ1v) is 7.14. The highest BCUT2D eigenvalue weighted by atomic mass is 16.4. The minimum atomic E-state index is -1.36. The molecule has 19 heavy (non-hydrogen) atoms. The first kappa shape index (κ1) is 13.1. The molecule has 0 aromatic heterocycles. The molecular formula is C14H21BN2O2. The van der Waals surface area contributed by atoms with E-state index in [1.165, 1.54) is 31.5 Å². The normalized spacial score (nSPS) is 21.6. The molecule has 1 aromatic rings. The van der Waals surface area contributed by atoms with Gasteiger partial charge in [0.1, 0.15) is 0 Å². The molecule has 2 N–H and O–H groups in total. The number of nitrogens with zero attached hydrogens (tertiary/aromatic N) is 2. The summed E-state index contributed by atoms with van der Waals surface area (Å²) in [6.45, 7) is 5.62. The summed E-state index contributed by atoms with van der Waals surface area (Å²) in [5.74, 6) is 0. The molecule has 0 unspecified atom stereocenters. The maximum Gasteiger partial charge on any atom is 0.488 e. The molecule has 0 amide bonds. The zero-order valence-electron chi connectivity index (χ0n) is 11.2. The van der Waals surface area contributed by atoms with Crippen molar-refractivity contribution in [2.75, 3.05) is 26.2 Å². The van der Waals surface area contributed by atoms with Crippen LogP contribution in [0.3, 0.4) is 0 Å². The Kier molecular flexibility index (Phi) is 3.89. The van der Waals surface area contributed by atoms with Gasteiger partial charge in [-0.15, -0.1) is 0 Å². The van der Waals surface area contributed by atoms with E-state index in [-0.39, 0.29) is 0 Å². The van der Waals surface area contributed by atoms with Crippen LogP contribution in [0.4, 0.5) is 0 Å². The fourth-order valence-electron chi connectivity index (χ4n) is 2.78. The second-order valence-electron chi connectivity index (χ2n) is 5.66. The molecule has 1 aliphatic heterocycles. The molecular weight excluding hydrogens is 239 g/mol. The van der Waals surface area contributed by atoms with Crippen LogP contribution in [0.15, 0.2) is 24.3 Å². The fourth-order valence-corrected chi connectivity index (χ4v) is 2.78. The lowest BCUT2D eigenvalue weighted by molar-refractivity contribution is 0.121. The van der Waals surface area contributed by atoms with Crippen molar-refractivity contribution >= 4 is 12.6 Å². The lowest BCUT2D eigenvalue weighted by atomic mass is 9.80. The summed E-state index contributed by atoms with van der Waals surface area (Å²) in [5.41, 5.74) is 1.80. The van der Waals surface area contributed by atoms with Gasteiger partial charge in [-0.25, -0.2) is 0 Å². The molecule has 1 saturated carbocycles. The zero-order valence-corrected chi connectivity index (χ0v) is 11.2. The molecule has 1 aliphatic carbocycles. The van der Waals surface area contributed by atoms with Crippen molar-refractivity contribution in [3.05, 3.63) is 29.8 Å². The molecule has 102 valence electrons. The Morgan fingerprint density at radius 1 is 1.00 bits per heavy atom. The summed E-state index contributed by atoms with van der Waals surface area (Å²) in [6.07, 6.45) is 2.79. The van der Waals surface area contributed by atoms with E-state index in [9.17, 15) is 0 Å². The summed E-state index contributed by atoms with van der Waals surface area (Å²) in [6, 6.07) is 8.44. The van der Waals surface area contributed by atoms with Crippen LogP contribution in [-0.2, 0) is 6.54 Å². The fraction of sp³-hybridized carbons (Fsp3) is 0.571. The number of benzene rings is 1. The van der Waals surface area contributed by atoms with Crippen molar-refractivity contribution in [2.45, 2.75) is 25.4 Å². The van der Waals surface area contributed by atoms with Gasteiger partial charge in [0.05, 0.1) is 0 Å². The average Bonchev–Trinajstić information content (AvgIpc) is 3.25. The van der Waals surface area contributed by atoms with Crippen molar-refractivity contribution in [3.8, 4) is 0 Å². The van der Waals surface area contributed by atoms with E-state index < -0.39 is 7.12 Å². The quantitative estimate of drug-likeness (QED) is 0.726. The van der Waals surface area contributed by atoms with Crippen LogP contribution in [0.2, 0.25) is 0 Å². The first-order valence-electron chi connectivity index (χ1n) is 7.14. The number of hydrogen-bond acceptors (Lipinski definition) is 4. The maximum absolute atomic E-state index is 9.06. The van der Waals surface area contributed by atoms with Crippen LogP contribution in [0.25, 0.3) is 0 Å². The number of rotatable bonds is 4. The van der Waals surface area contributed by atoms with Gasteiger partial charge < -0.3 is 10.0 Å². The molecule has 1 aromatic carbocycles. The van der Waals surface area contributed by atoms with Crippen molar-refractivity contribution in [1.82, 2.24) is 9.80 Å². The van der Waals surface area contributed by atoms with Crippen LogP contribution in [-0.4, -0.2) is 59.2 Å². The summed E-state index contributed by atoms with van der Waals surface area (Å²) in [5, 5.41) is 18.1. The third-order valence-corrected chi connectivity index (χ3v) is 4.15. The Bertz CT molecular complexity index is 412. The highest BCUT2D eigenvalue weighted by Gasteiger charge is 2.30. The van der Waals surface area contributed by atoms with Crippen molar-refractivity contribution < 1.29 is 10.0 Å². The molecule has 4 nitrogen and oxygen atoms in total. The molecule has 1 saturated heterocycles. The molecule has 1 heterocycles. The second kappa shape index (κ2) is 5.63. The van der Waals surface area contributed by atoms with Gasteiger partial charge in [0.2, 0.25) is 0 Å². The van der Waals surface area contributed by atoms with E-state index in [1.807, 2.05) is 12.1 Å². The van der Waals surface area contributed by atoms with E-state index in [2.05, 4.69) is 9.80 Å². The number of piperazine rings is 1. The summed E-state index contributed by atoms with van der Waals surface area (Å²) >= 11 is 0. The van der Waals surface area contributed by atoms with Gasteiger partial charge in [-0.05, 0) is 23.9 Å². The third-order valence-electron chi connectivity index (χ3n) is 4.15. The van der Waals surface area contributed by atoms with Crippen LogP contribution < -0.4 is 5.46 Å². The van der Waals surface area contributed by atoms with E-state index >= 15 is 0 Å². The van der Waals surface area contributed by atoms with E-state index in [1.54, 1.807) is 12.1 Å². The third kappa shape index (κ3) is 3.36. The van der Waals surface area contributed by atoms with Gasteiger partial charge in [0, 0.05) is 38.8 Å². The molecule has 0 bridgehead atoms. The molecule has 5 heteroatoms. The Morgan fingerprint density at radius 2 is 1.63 bits per heavy atom. The van der Waals surface area contributed by atoms with Gasteiger partial charge >= 0.3 is 7.12 Å². The lowest BCUT2D eigenvalue weighted by Crippen LogP contribution is -2.46. The topological polar surface area (TPSA) is 46.9 Å². The summed E-state index contributed by atoms with van der Waals surface area (Å²) in [4.78, 5) is 5.09.